The van der Waals surface area contributed by atoms with Gasteiger partial charge in [-0.2, -0.15) is 13.2 Å². The van der Waals surface area contributed by atoms with Crippen LogP contribution in [0.4, 0.5) is 17.6 Å². The summed E-state index contributed by atoms with van der Waals surface area (Å²) in [5.74, 6) is -0.370. The number of ether oxygens (including phenoxy) is 1. The van der Waals surface area contributed by atoms with Crippen LogP contribution in [0.5, 0.6) is 5.75 Å². The smallest absolute Gasteiger partial charge is 0.418 e. The highest BCUT2D eigenvalue weighted by Gasteiger charge is 2.56. The SMILES string of the molecule is COc1ccc(F)cc1C(C)(C)CC(O)(Cn1ccc(=NC(c2ccccc2)(c2ccccc2)c2ccccc2)c2ccccc21)C(F)(F)F. The van der Waals surface area contributed by atoms with Crippen LogP contribution in [0.2, 0.25) is 0 Å². The lowest BCUT2D eigenvalue weighted by atomic mass is 9.74. The number of alkyl halides is 3. The monoisotopic (exact) mass is 678 g/mol. The first kappa shape index (κ1) is 34.6. The van der Waals surface area contributed by atoms with E-state index in [1.54, 1.807) is 38.2 Å². The number of benzene rings is 5. The molecule has 0 fully saturated rings. The summed E-state index contributed by atoms with van der Waals surface area (Å²) >= 11 is 0. The first-order valence-electron chi connectivity index (χ1n) is 16.3. The number of nitrogens with zero attached hydrogens (tertiary/aromatic N) is 2. The van der Waals surface area contributed by atoms with Gasteiger partial charge in [-0.25, -0.2) is 4.39 Å². The van der Waals surface area contributed by atoms with Crippen molar-refractivity contribution in [2.75, 3.05) is 7.11 Å². The molecule has 5 aromatic carbocycles. The number of rotatable bonds is 10. The number of fused-ring (bicyclic) bond motifs is 1. The molecule has 0 saturated heterocycles. The molecule has 0 radical (unpaired) electrons. The maximum atomic E-state index is 15.0. The number of methoxy groups -OCH3 is 1. The van der Waals surface area contributed by atoms with Gasteiger partial charge in [0, 0.05) is 17.1 Å². The van der Waals surface area contributed by atoms with Crippen LogP contribution in [0.1, 0.15) is 42.5 Å². The van der Waals surface area contributed by atoms with Gasteiger partial charge in [-0.1, -0.05) is 123 Å². The maximum Gasteiger partial charge on any atom is 0.418 e. The van der Waals surface area contributed by atoms with Crippen LogP contribution >= 0.6 is 0 Å². The van der Waals surface area contributed by atoms with Gasteiger partial charge >= 0.3 is 6.18 Å². The number of hydrogen-bond acceptors (Lipinski definition) is 3. The molecule has 0 bridgehead atoms. The number of hydrogen-bond donors (Lipinski definition) is 1. The molecular formula is C42H38F4N2O2. The molecule has 0 aliphatic heterocycles. The van der Waals surface area contributed by atoms with Gasteiger partial charge in [0.25, 0.3) is 0 Å². The lowest BCUT2D eigenvalue weighted by molar-refractivity contribution is -0.271. The Hall–Kier alpha value is -5.21. The minimum atomic E-state index is -5.02. The molecule has 50 heavy (non-hydrogen) atoms. The van der Waals surface area contributed by atoms with Gasteiger partial charge < -0.3 is 14.4 Å². The summed E-state index contributed by atoms with van der Waals surface area (Å²) in [5.41, 5.74) is -2.09. The zero-order valence-corrected chi connectivity index (χ0v) is 28.0. The zero-order chi connectivity index (χ0) is 35.6. The number of halogens is 4. The summed E-state index contributed by atoms with van der Waals surface area (Å²) in [6.45, 7) is 2.28. The summed E-state index contributed by atoms with van der Waals surface area (Å²) in [5, 5.41) is 12.8. The van der Waals surface area contributed by atoms with Crippen LogP contribution < -0.4 is 10.1 Å². The second kappa shape index (κ2) is 13.6. The molecule has 0 aliphatic carbocycles. The van der Waals surface area contributed by atoms with Crippen molar-refractivity contribution in [1.82, 2.24) is 4.57 Å². The second-order valence-electron chi connectivity index (χ2n) is 13.2. The van der Waals surface area contributed by atoms with E-state index in [0.29, 0.717) is 16.3 Å². The highest BCUT2D eigenvalue weighted by Crippen LogP contribution is 2.45. The van der Waals surface area contributed by atoms with E-state index in [0.717, 1.165) is 22.8 Å². The molecule has 0 aliphatic rings. The molecule has 256 valence electrons. The molecule has 0 saturated carbocycles. The topological polar surface area (TPSA) is 46.8 Å². The van der Waals surface area contributed by atoms with Gasteiger partial charge in [0.2, 0.25) is 0 Å². The van der Waals surface area contributed by atoms with Crippen molar-refractivity contribution >= 4 is 10.9 Å². The fraction of sp³-hybridized carbons (Fsp3) is 0.214. The maximum absolute atomic E-state index is 15.0. The van der Waals surface area contributed by atoms with Crippen molar-refractivity contribution in [3.05, 3.63) is 179 Å². The summed E-state index contributed by atoms with van der Waals surface area (Å²) in [6.07, 6.45) is -4.24. The Morgan fingerprint density at radius 3 is 1.74 bits per heavy atom. The third-order valence-corrected chi connectivity index (χ3v) is 9.35. The van der Waals surface area contributed by atoms with Crippen LogP contribution in [0.3, 0.4) is 0 Å². The van der Waals surface area contributed by atoms with Crippen molar-refractivity contribution in [3.63, 3.8) is 0 Å². The summed E-state index contributed by atoms with van der Waals surface area (Å²) in [6, 6.07) is 42.2. The summed E-state index contributed by atoms with van der Waals surface area (Å²) in [7, 11) is 1.37. The Labute approximate surface area is 289 Å². The highest BCUT2D eigenvalue weighted by atomic mass is 19.4. The highest BCUT2D eigenvalue weighted by molar-refractivity contribution is 5.78. The molecule has 0 amide bonds. The Kier molecular flexibility index (Phi) is 9.42. The van der Waals surface area contributed by atoms with E-state index in [1.165, 1.54) is 23.8 Å². The van der Waals surface area contributed by atoms with Crippen LogP contribution in [-0.4, -0.2) is 28.6 Å². The van der Waals surface area contributed by atoms with Crippen LogP contribution in [-0.2, 0) is 17.5 Å². The Morgan fingerprint density at radius 1 is 0.700 bits per heavy atom. The predicted molar refractivity (Wildman–Crippen MR) is 188 cm³/mol. The molecule has 6 rings (SSSR count). The van der Waals surface area contributed by atoms with Gasteiger partial charge in [-0.15, -0.1) is 0 Å². The fourth-order valence-corrected chi connectivity index (χ4v) is 6.98. The molecule has 6 aromatic rings. The van der Waals surface area contributed by atoms with Crippen molar-refractivity contribution in [2.24, 2.45) is 4.99 Å². The molecule has 1 atom stereocenters. The van der Waals surface area contributed by atoms with E-state index in [1.807, 2.05) is 103 Å². The van der Waals surface area contributed by atoms with Gasteiger partial charge in [0.15, 0.2) is 5.60 Å². The lowest BCUT2D eigenvalue weighted by Gasteiger charge is -2.39. The Bertz CT molecular complexity index is 2050. The van der Waals surface area contributed by atoms with E-state index < -0.39 is 41.5 Å². The van der Waals surface area contributed by atoms with Crippen LogP contribution in [0.25, 0.3) is 10.9 Å². The molecular weight excluding hydrogens is 640 g/mol. The average molecular weight is 679 g/mol. The Morgan fingerprint density at radius 2 is 1.22 bits per heavy atom. The number of pyridine rings is 1. The number of para-hydroxylation sites is 1. The van der Waals surface area contributed by atoms with Crippen molar-refractivity contribution in [1.29, 1.82) is 0 Å². The first-order valence-corrected chi connectivity index (χ1v) is 16.3. The van der Waals surface area contributed by atoms with E-state index >= 15 is 0 Å². The standard InChI is InChI=1S/C42H38F4N2O2/c1-39(2,35-27-33(43)23-24-38(35)50-3)28-40(49,42(44,45)46)29-48-26-25-36(34-21-13-14-22-37(34)48)47-41(30-15-7-4-8-16-30,31-17-9-5-10-18-31)32-19-11-6-12-20-32/h4-27,49H,28-29H2,1-3H3. The van der Waals surface area contributed by atoms with Crippen LogP contribution in [0.15, 0.2) is 151 Å². The van der Waals surface area contributed by atoms with E-state index in [4.69, 9.17) is 9.73 Å². The first-order chi connectivity index (χ1) is 23.9. The molecule has 4 nitrogen and oxygen atoms in total. The fourth-order valence-electron chi connectivity index (χ4n) is 6.98. The van der Waals surface area contributed by atoms with Gasteiger partial charge in [-0.3, -0.25) is 4.99 Å². The largest absolute Gasteiger partial charge is 0.496 e. The normalized spacial score (nSPS) is 14.0. The van der Waals surface area contributed by atoms with Gasteiger partial charge in [0.1, 0.15) is 17.1 Å². The van der Waals surface area contributed by atoms with Crippen molar-refractivity contribution < 1.29 is 27.4 Å². The molecule has 0 spiro atoms. The van der Waals surface area contributed by atoms with Gasteiger partial charge in [-0.05, 0) is 58.9 Å². The lowest BCUT2D eigenvalue weighted by Crippen LogP contribution is -2.52. The molecule has 1 heterocycles. The van der Waals surface area contributed by atoms with Gasteiger partial charge in [0.05, 0.1) is 24.5 Å². The predicted octanol–water partition coefficient (Wildman–Crippen LogP) is 9.34. The molecule has 8 heteroatoms. The van der Waals surface area contributed by atoms with Crippen molar-refractivity contribution in [2.45, 2.75) is 49.5 Å². The number of aliphatic hydroxyl groups is 1. The van der Waals surface area contributed by atoms with Crippen LogP contribution in [0, 0.1) is 5.82 Å². The molecule has 1 unspecified atom stereocenters. The zero-order valence-electron chi connectivity index (χ0n) is 28.0. The Balaban J connectivity index is 1.54. The number of aromatic nitrogens is 1. The average Bonchev–Trinajstić information content (AvgIpc) is 3.12. The minimum absolute atomic E-state index is 0.228. The van der Waals surface area contributed by atoms with E-state index in [9.17, 15) is 22.7 Å². The minimum Gasteiger partial charge on any atom is -0.496 e. The second-order valence-corrected chi connectivity index (χ2v) is 13.2. The van der Waals surface area contributed by atoms with E-state index in [-0.39, 0.29) is 11.3 Å². The third kappa shape index (κ3) is 6.55. The third-order valence-electron chi connectivity index (χ3n) is 9.35. The van der Waals surface area contributed by atoms with Crippen molar-refractivity contribution in [3.8, 4) is 5.75 Å². The summed E-state index contributed by atoms with van der Waals surface area (Å²) < 4.78 is 66.0. The molecule has 1 N–H and O–H groups in total. The summed E-state index contributed by atoms with van der Waals surface area (Å²) in [4.78, 5) is 5.49. The van der Waals surface area contributed by atoms with E-state index in [2.05, 4.69) is 0 Å². The molecule has 1 aromatic heterocycles. The quantitative estimate of drug-likeness (QED) is 0.116.